The summed E-state index contributed by atoms with van der Waals surface area (Å²) in [6.07, 6.45) is 4.03. The number of benzene rings is 1. The van der Waals surface area contributed by atoms with E-state index in [9.17, 15) is 8.42 Å². The predicted octanol–water partition coefficient (Wildman–Crippen LogP) is 2.33. The van der Waals surface area contributed by atoms with E-state index in [-0.39, 0.29) is 5.54 Å². The van der Waals surface area contributed by atoms with Crippen LogP contribution in [0.2, 0.25) is 0 Å². The average molecular weight is 296 g/mol. The van der Waals surface area contributed by atoms with Gasteiger partial charge in [0, 0.05) is 12.1 Å². The van der Waals surface area contributed by atoms with Gasteiger partial charge in [0.15, 0.2) is 0 Å². The highest BCUT2D eigenvalue weighted by atomic mass is 32.2. The number of hydrogen-bond donors (Lipinski definition) is 2. The Morgan fingerprint density at radius 1 is 1.25 bits per heavy atom. The predicted molar refractivity (Wildman–Crippen MR) is 81.1 cm³/mol. The molecule has 4 nitrogen and oxygen atoms in total. The van der Waals surface area contributed by atoms with Crippen LogP contribution in [0.15, 0.2) is 23.1 Å². The van der Waals surface area contributed by atoms with Crippen molar-refractivity contribution in [3.05, 3.63) is 29.3 Å². The molecule has 0 saturated heterocycles. The normalized spacial score (nSPS) is 18.4. The van der Waals surface area contributed by atoms with E-state index in [2.05, 4.69) is 10.0 Å². The van der Waals surface area contributed by atoms with Crippen LogP contribution in [0.1, 0.15) is 43.7 Å². The van der Waals surface area contributed by atoms with E-state index >= 15 is 0 Å². The summed E-state index contributed by atoms with van der Waals surface area (Å²) in [7, 11) is -1.58. The maximum atomic E-state index is 12.5. The first-order chi connectivity index (χ1) is 9.36. The lowest BCUT2D eigenvalue weighted by Gasteiger charge is -2.25. The molecule has 0 radical (unpaired) electrons. The Bertz CT molecular complexity index is 576. The van der Waals surface area contributed by atoms with Crippen LogP contribution in [0.3, 0.4) is 0 Å². The van der Waals surface area contributed by atoms with Crippen LogP contribution in [-0.4, -0.2) is 21.0 Å². The molecule has 5 heteroatoms. The van der Waals surface area contributed by atoms with Crippen molar-refractivity contribution < 1.29 is 8.42 Å². The molecule has 1 aromatic carbocycles. The molecule has 1 fully saturated rings. The monoisotopic (exact) mass is 296 g/mol. The fraction of sp³-hybridized carbons (Fsp3) is 0.600. The molecule has 0 aromatic heterocycles. The van der Waals surface area contributed by atoms with E-state index in [1.54, 1.807) is 12.1 Å². The number of hydrogen-bond acceptors (Lipinski definition) is 3. The van der Waals surface area contributed by atoms with E-state index in [0.29, 0.717) is 11.4 Å². The minimum absolute atomic E-state index is 0.285. The molecule has 1 aliphatic rings. The van der Waals surface area contributed by atoms with Crippen LogP contribution in [0, 0.1) is 6.92 Å². The molecule has 2 N–H and O–H groups in total. The van der Waals surface area contributed by atoms with E-state index in [1.165, 1.54) is 0 Å². The molecule has 20 heavy (non-hydrogen) atoms. The van der Waals surface area contributed by atoms with Gasteiger partial charge in [-0.25, -0.2) is 13.1 Å². The fourth-order valence-corrected chi connectivity index (χ4v) is 4.35. The van der Waals surface area contributed by atoms with Gasteiger partial charge < -0.3 is 5.32 Å². The minimum Gasteiger partial charge on any atom is -0.316 e. The van der Waals surface area contributed by atoms with Gasteiger partial charge in [-0.05, 0) is 57.0 Å². The molecule has 0 atom stereocenters. The van der Waals surface area contributed by atoms with Crippen molar-refractivity contribution in [2.24, 2.45) is 0 Å². The van der Waals surface area contributed by atoms with Crippen molar-refractivity contribution in [2.75, 3.05) is 7.05 Å². The van der Waals surface area contributed by atoms with Gasteiger partial charge in [0.25, 0.3) is 0 Å². The Kier molecular flexibility index (Phi) is 4.52. The number of sulfonamides is 1. The molecular weight excluding hydrogens is 272 g/mol. The Hall–Kier alpha value is -0.910. The van der Waals surface area contributed by atoms with E-state index in [4.69, 9.17) is 0 Å². The Morgan fingerprint density at radius 2 is 1.90 bits per heavy atom. The molecule has 112 valence electrons. The second-order valence-corrected chi connectivity index (χ2v) is 7.67. The lowest BCUT2D eigenvalue weighted by Crippen LogP contribution is -2.43. The van der Waals surface area contributed by atoms with Gasteiger partial charge in [0.2, 0.25) is 10.0 Å². The topological polar surface area (TPSA) is 58.2 Å². The molecule has 1 aliphatic carbocycles. The van der Waals surface area contributed by atoms with Crippen LogP contribution in [0.5, 0.6) is 0 Å². The molecule has 2 rings (SSSR count). The van der Waals surface area contributed by atoms with Gasteiger partial charge in [0.05, 0.1) is 4.90 Å². The number of nitrogens with one attached hydrogen (secondary N) is 2. The zero-order valence-corrected chi connectivity index (χ0v) is 13.3. The van der Waals surface area contributed by atoms with Crippen LogP contribution in [0.25, 0.3) is 0 Å². The molecule has 0 bridgehead atoms. The highest BCUT2D eigenvalue weighted by Crippen LogP contribution is 2.30. The second kappa shape index (κ2) is 5.84. The largest absolute Gasteiger partial charge is 0.316 e. The van der Waals surface area contributed by atoms with E-state index in [0.717, 1.165) is 36.8 Å². The maximum absolute atomic E-state index is 12.5. The summed E-state index contributed by atoms with van der Waals surface area (Å²) in [5, 5.41) is 3.07. The molecule has 1 aromatic rings. The Morgan fingerprint density at radius 3 is 2.50 bits per heavy atom. The van der Waals surface area contributed by atoms with Crippen LogP contribution < -0.4 is 10.0 Å². The standard InChI is InChI=1S/C15H24N2O2S/c1-12-6-7-14(10-13(12)11-16-3)20(18,19)17-15(2)8-4-5-9-15/h6-7,10,16-17H,4-5,8-9,11H2,1-3H3. The second-order valence-electron chi connectivity index (χ2n) is 5.99. The highest BCUT2D eigenvalue weighted by molar-refractivity contribution is 7.89. The Balaban J connectivity index is 2.27. The summed E-state index contributed by atoms with van der Waals surface area (Å²) < 4.78 is 27.9. The first-order valence-electron chi connectivity index (χ1n) is 7.14. The van der Waals surface area contributed by atoms with Crippen LogP contribution >= 0.6 is 0 Å². The quantitative estimate of drug-likeness (QED) is 0.877. The van der Waals surface area contributed by atoms with Gasteiger partial charge in [-0.15, -0.1) is 0 Å². The summed E-state index contributed by atoms with van der Waals surface area (Å²) in [4.78, 5) is 0.362. The molecular formula is C15H24N2O2S. The maximum Gasteiger partial charge on any atom is 0.241 e. The van der Waals surface area contributed by atoms with Gasteiger partial charge in [0.1, 0.15) is 0 Å². The summed E-state index contributed by atoms with van der Waals surface area (Å²) in [6.45, 7) is 4.67. The molecule has 0 amide bonds. The SMILES string of the molecule is CNCc1cc(S(=O)(=O)NC2(C)CCCC2)ccc1C. The molecule has 0 aliphatic heterocycles. The van der Waals surface area contributed by atoms with Crippen LogP contribution in [-0.2, 0) is 16.6 Å². The summed E-state index contributed by atoms with van der Waals surface area (Å²) in [5.41, 5.74) is 1.84. The van der Waals surface area contributed by atoms with Crippen molar-refractivity contribution >= 4 is 10.0 Å². The molecule has 1 saturated carbocycles. The van der Waals surface area contributed by atoms with Crippen LogP contribution in [0.4, 0.5) is 0 Å². The average Bonchev–Trinajstić information content (AvgIpc) is 2.77. The number of aryl methyl sites for hydroxylation is 1. The van der Waals surface area contributed by atoms with Crippen molar-refractivity contribution in [1.82, 2.24) is 10.0 Å². The summed E-state index contributed by atoms with van der Waals surface area (Å²) >= 11 is 0. The lowest BCUT2D eigenvalue weighted by atomic mass is 10.0. The Labute approximate surface area is 122 Å². The summed E-state index contributed by atoms with van der Waals surface area (Å²) in [6, 6.07) is 5.33. The minimum atomic E-state index is -3.44. The molecule has 0 spiro atoms. The van der Waals surface area contributed by atoms with Gasteiger partial charge >= 0.3 is 0 Å². The third-order valence-electron chi connectivity index (χ3n) is 4.09. The van der Waals surface area contributed by atoms with Gasteiger partial charge in [-0.2, -0.15) is 0 Å². The van der Waals surface area contributed by atoms with E-state index < -0.39 is 10.0 Å². The van der Waals surface area contributed by atoms with Crippen molar-refractivity contribution in [3.8, 4) is 0 Å². The molecule has 0 heterocycles. The first-order valence-corrected chi connectivity index (χ1v) is 8.63. The first kappa shape index (κ1) is 15.5. The zero-order valence-electron chi connectivity index (χ0n) is 12.5. The van der Waals surface area contributed by atoms with E-state index in [1.807, 2.05) is 27.0 Å². The zero-order chi connectivity index (χ0) is 14.8. The lowest BCUT2D eigenvalue weighted by molar-refractivity contribution is 0.427. The third-order valence-corrected chi connectivity index (χ3v) is 5.72. The van der Waals surface area contributed by atoms with Crippen molar-refractivity contribution in [2.45, 2.75) is 56.5 Å². The smallest absolute Gasteiger partial charge is 0.241 e. The highest BCUT2D eigenvalue weighted by Gasteiger charge is 2.33. The van der Waals surface area contributed by atoms with Gasteiger partial charge in [-0.3, -0.25) is 0 Å². The van der Waals surface area contributed by atoms with Crippen molar-refractivity contribution in [3.63, 3.8) is 0 Å². The van der Waals surface area contributed by atoms with Crippen molar-refractivity contribution in [1.29, 1.82) is 0 Å². The van der Waals surface area contributed by atoms with Gasteiger partial charge in [-0.1, -0.05) is 18.9 Å². The summed E-state index contributed by atoms with van der Waals surface area (Å²) in [5.74, 6) is 0. The fourth-order valence-electron chi connectivity index (χ4n) is 2.84. The number of rotatable bonds is 5. The molecule has 0 unspecified atom stereocenters. The third kappa shape index (κ3) is 3.40.